The van der Waals surface area contributed by atoms with Gasteiger partial charge in [0, 0.05) is 6.92 Å². The summed E-state index contributed by atoms with van der Waals surface area (Å²) in [6, 6.07) is 12.1. The van der Waals surface area contributed by atoms with Crippen LogP contribution in [0, 0.1) is 5.92 Å². The van der Waals surface area contributed by atoms with E-state index in [2.05, 4.69) is 21.3 Å². The molecule has 0 radical (unpaired) electrons. The predicted molar refractivity (Wildman–Crippen MR) is 185 cm³/mol. The van der Waals surface area contributed by atoms with Crippen LogP contribution in [-0.2, 0) is 51.5 Å². The zero-order chi connectivity index (χ0) is 39.0. The third-order valence-electron chi connectivity index (χ3n) is 8.17. The van der Waals surface area contributed by atoms with Crippen LogP contribution in [0.3, 0.4) is 0 Å². The number of rotatable bonds is 20. The lowest BCUT2D eigenvalue weighted by Crippen LogP contribution is -2.61. The van der Waals surface area contributed by atoms with Gasteiger partial charge in [-0.05, 0) is 37.8 Å². The summed E-state index contributed by atoms with van der Waals surface area (Å²) in [5, 5.41) is 21.8. The lowest BCUT2D eigenvalue weighted by molar-refractivity contribution is -0.168. The van der Waals surface area contributed by atoms with Gasteiger partial charge in [0.2, 0.25) is 23.6 Å². The van der Waals surface area contributed by atoms with Gasteiger partial charge >= 0.3 is 11.9 Å². The Hall–Kier alpha value is -4.96. The van der Waals surface area contributed by atoms with Gasteiger partial charge in [-0.25, -0.2) is 0 Å². The minimum absolute atomic E-state index is 0.0737. The molecule has 0 aromatic heterocycles. The Bertz CT molecular complexity index is 1500. The second kappa shape index (κ2) is 20.8. The van der Waals surface area contributed by atoms with Crippen LogP contribution in [0.25, 0.3) is 0 Å². The van der Waals surface area contributed by atoms with Gasteiger partial charge in [0.25, 0.3) is 5.91 Å². The minimum Gasteiger partial charge on any atom is -0.460 e. The topological polar surface area (TPSA) is 201 Å². The number of aliphatic hydroxyl groups is 1. The number of hydrogen-bond acceptors (Lipinski definition) is 9. The van der Waals surface area contributed by atoms with Crippen molar-refractivity contribution < 1.29 is 52.1 Å². The molecule has 1 unspecified atom stereocenters. The highest BCUT2D eigenvalue weighted by Crippen LogP contribution is 2.22. The van der Waals surface area contributed by atoms with Crippen LogP contribution in [0.2, 0.25) is 0 Å². The first-order valence-electron chi connectivity index (χ1n) is 16.8. The highest BCUT2D eigenvalue weighted by Gasteiger charge is 2.49. The first kappa shape index (κ1) is 43.2. The molecule has 0 aliphatic rings. The molecule has 0 spiro atoms. The van der Waals surface area contributed by atoms with Gasteiger partial charge in [0.1, 0.15) is 37.4 Å². The van der Waals surface area contributed by atoms with Gasteiger partial charge in [0.15, 0.2) is 0 Å². The number of amides is 5. The molecule has 2 aromatic rings. The van der Waals surface area contributed by atoms with Crippen molar-refractivity contribution >= 4 is 35.5 Å². The average molecular weight is 734 g/mol. The van der Waals surface area contributed by atoms with E-state index in [0.29, 0.717) is 12.0 Å². The van der Waals surface area contributed by atoms with Crippen molar-refractivity contribution in [3.63, 3.8) is 0 Å². The molecule has 0 bridgehead atoms. The SMILES string of the molecule is CC[C@H](C)[C@H](NC(C)=O)C(=O)N[C@H](C(=O)N[C@@H](C)C(=O)N[C@@H](C)C(O)C(F)(F)C(=O)NCC(=O)OCc1ccccc1)[C@@H](C)OCc1ccccc1. The van der Waals surface area contributed by atoms with E-state index in [1.807, 2.05) is 13.0 Å². The lowest BCUT2D eigenvalue weighted by Gasteiger charge is -2.30. The zero-order valence-corrected chi connectivity index (χ0v) is 30.1. The largest absolute Gasteiger partial charge is 0.460 e. The summed E-state index contributed by atoms with van der Waals surface area (Å²) >= 11 is 0. The second-order valence-electron chi connectivity index (χ2n) is 12.5. The molecule has 0 heterocycles. The second-order valence-corrected chi connectivity index (χ2v) is 12.5. The van der Waals surface area contributed by atoms with E-state index in [1.165, 1.54) is 20.8 Å². The highest BCUT2D eigenvalue weighted by molar-refractivity contribution is 5.94. The van der Waals surface area contributed by atoms with E-state index in [4.69, 9.17) is 9.47 Å². The monoisotopic (exact) mass is 733 g/mol. The van der Waals surface area contributed by atoms with Crippen LogP contribution in [0.15, 0.2) is 60.7 Å². The van der Waals surface area contributed by atoms with E-state index >= 15 is 0 Å². The van der Waals surface area contributed by atoms with Crippen LogP contribution in [-0.4, -0.2) is 89.5 Å². The van der Waals surface area contributed by atoms with Crippen molar-refractivity contribution in [2.75, 3.05) is 6.54 Å². The Morgan fingerprint density at radius 1 is 0.750 bits per heavy atom. The molecule has 286 valence electrons. The number of benzene rings is 2. The van der Waals surface area contributed by atoms with Gasteiger partial charge < -0.3 is 41.2 Å². The molecule has 5 amide bonds. The molecular weight excluding hydrogens is 684 g/mol. The number of esters is 1. The molecule has 2 rings (SSSR count). The fraction of sp³-hybridized carbons (Fsp3) is 0.500. The maximum atomic E-state index is 14.8. The zero-order valence-electron chi connectivity index (χ0n) is 30.1. The molecule has 7 atom stereocenters. The fourth-order valence-electron chi connectivity index (χ4n) is 4.76. The van der Waals surface area contributed by atoms with Gasteiger partial charge in [0.05, 0.1) is 18.8 Å². The normalized spacial score (nSPS) is 15.3. The Labute approximate surface area is 301 Å². The van der Waals surface area contributed by atoms with Gasteiger partial charge in [-0.1, -0.05) is 80.9 Å². The highest BCUT2D eigenvalue weighted by atomic mass is 19.3. The smallest absolute Gasteiger partial charge is 0.351 e. The number of halogens is 2. The first-order chi connectivity index (χ1) is 24.5. The third-order valence-corrected chi connectivity index (χ3v) is 8.17. The summed E-state index contributed by atoms with van der Waals surface area (Å²) < 4.78 is 40.5. The molecule has 0 saturated carbocycles. The number of hydrogen-bond donors (Lipinski definition) is 6. The fourth-order valence-corrected chi connectivity index (χ4v) is 4.76. The van der Waals surface area contributed by atoms with E-state index < -0.39 is 84.3 Å². The van der Waals surface area contributed by atoms with E-state index in [9.17, 15) is 42.7 Å². The number of alkyl halides is 2. The van der Waals surface area contributed by atoms with Gasteiger partial charge in [-0.15, -0.1) is 0 Å². The van der Waals surface area contributed by atoms with Gasteiger partial charge in [-0.2, -0.15) is 8.78 Å². The molecule has 6 N–H and O–H groups in total. The minimum atomic E-state index is -4.44. The number of nitrogens with one attached hydrogen (secondary N) is 5. The van der Waals surface area contributed by atoms with E-state index in [-0.39, 0.29) is 19.1 Å². The number of aliphatic hydroxyl groups excluding tert-OH is 1. The number of carbonyl (C=O) groups excluding carboxylic acids is 6. The summed E-state index contributed by atoms with van der Waals surface area (Å²) in [6.07, 6.45) is -3.16. The van der Waals surface area contributed by atoms with E-state index in [0.717, 1.165) is 12.5 Å². The predicted octanol–water partition coefficient (Wildman–Crippen LogP) is 1.49. The maximum Gasteiger partial charge on any atom is 0.351 e. The molecule has 16 heteroatoms. The summed E-state index contributed by atoms with van der Waals surface area (Å²) in [7, 11) is 0. The van der Waals surface area contributed by atoms with Crippen LogP contribution in [0.5, 0.6) is 0 Å². The molecule has 0 aliphatic heterocycles. The third kappa shape index (κ3) is 13.6. The number of ether oxygens (including phenoxy) is 2. The summed E-state index contributed by atoms with van der Waals surface area (Å²) in [5.41, 5.74) is 1.42. The summed E-state index contributed by atoms with van der Waals surface area (Å²) in [5.74, 6) is -10.7. The van der Waals surface area contributed by atoms with Crippen molar-refractivity contribution in [1.29, 1.82) is 0 Å². The van der Waals surface area contributed by atoms with Gasteiger partial charge in [-0.3, -0.25) is 28.8 Å². The lowest BCUT2D eigenvalue weighted by atomic mass is 9.97. The van der Waals surface area contributed by atoms with Crippen LogP contribution < -0.4 is 26.6 Å². The molecule has 0 saturated heterocycles. The Morgan fingerprint density at radius 3 is 1.83 bits per heavy atom. The summed E-state index contributed by atoms with van der Waals surface area (Å²) in [4.78, 5) is 75.8. The Balaban J connectivity index is 2.05. The van der Waals surface area contributed by atoms with Crippen LogP contribution in [0.4, 0.5) is 8.78 Å². The van der Waals surface area contributed by atoms with Crippen molar-refractivity contribution in [2.24, 2.45) is 5.92 Å². The first-order valence-corrected chi connectivity index (χ1v) is 16.8. The quantitative estimate of drug-likeness (QED) is 0.109. The van der Waals surface area contributed by atoms with Crippen molar-refractivity contribution in [2.45, 2.75) is 103 Å². The van der Waals surface area contributed by atoms with Crippen LogP contribution >= 0.6 is 0 Å². The standard InChI is InChI=1S/C36H49F2N5O9/c1-7-21(2)29(42-25(6)44)33(48)43-30(24(5)51-19-26-14-10-8-11-15-26)34(49)41-23(4)32(47)40-22(3)31(46)36(37,38)35(50)39-18-28(45)52-20-27-16-12-9-13-17-27/h8-17,21-24,29-31,46H,7,18-20H2,1-6H3,(H,39,50)(H,40,47)(H,41,49)(H,42,44)(H,43,48)/t21-,22-,23-,24+,29-,30-,31?/m0/s1. The molecular formula is C36H49F2N5O9. The summed E-state index contributed by atoms with van der Waals surface area (Å²) in [6.45, 7) is 7.66. The maximum absolute atomic E-state index is 14.8. The van der Waals surface area contributed by atoms with Crippen molar-refractivity contribution in [3.8, 4) is 0 Å². The van der Waals surface area contributed by atoms with Crippen molar-refractivity contribution in [3.05, 3.63) is 71.8 Å². The van der Waals surface area contributed by atoms with E-state index in [1.54, 1.807) is 66.8 Å². The number of carbonyl (C=O) groups is 6. The molecule has 0 aliphatic carbocycles. The molecule has 2 aromatic carbocycles. The molecule has 14 nitrogen and oxygen atoms in total. The molecule has 0 fully saturated rings. The molecule has 52 heavy (non-hydrogen) atoms. The Kier molecular flexibility index (Phi) is 17.3. The van der Waals surface area contributed by atoms with Crippen LogP contribution in [0.1, 0.15) is 59.1 Å². The average Bonchev–Trinajstić information content (AvgIpc) is 3.12. The van der Waals surface area contributed by atoms with Crippen molar-refractivity contribution in [1.82, 2.24) is 26.6 Å². The Morgan fingerprint density at radius 2 is 1.29 bits per heavy atom.